The summed E-state index contributed by atoms with van der Waals surface area (Å²) in [6.07, 6.45) is 1.16. The van der Waals surface area contributed by atoms with Gasteiger partial charge in [0.1, 0.15) is 10.5 Å². The van der Waals surface area contributed by atoms with Crippen LogP contribution in [0.25, 0.3) is 0 Å². The van der Waals surface area contributed by atoms with Crippen LogP contribution in [0.4, 0.5) is 5.69 Å². The van der Waals surface area contributed by atoms with Gasteiger partial charge in [-0.25, -0.2) is 13.2 Å². The lowest BCUT2D eigenvalue weighted by Crippen LogP contribution is -2.44. The van der Waals surface area contributed by atoms with E-state index in [2.05, 4.69) is 19.2 Å². The van der Waals surface area contributed by atoms with Crippen molar-refractivity contribution in [2.24, 2.45) is 13.0 Å². The fourth-order valence-corrected chi connectivity index (χ4v) is 6.38. The van der Waals surface area contributed by atoms with Crippen molar-refractivity contribution in [1.82, 2.24) is 8.87 Å². The molecular formula is C25H35N3O5S. The molecule has 0 bridgehead atoms. The molecule has 1 aromatic heterocycles. The van der Waals surface area contributed by atoms with Crippen LogP contribution < -0.4 is 5.32 Å². The summed E-state index contributed by atoms with van der Waals surface area (Å²) in [5.74, 6) is -0.946. The van der Waals surface area contributed by atoms with Crippen molar-refractivity contribution >= 4 is 27.6 Å². The number of benzene rings is 1. The Morgan fingerprint density at radius 2 is 1.79 bits per heavy atom. The molecule has 1 saturated heterocycles. The van der Waals surface area contributed by atoms with Gasteiger partial charge in [-0.15, -0.1) is 0 Å². The topological polar surface area (TPSA) is 97.7 Å². The molecule has 8 nitrogen and oxygen atoms in total. The molecule has 3 rings (SSSR count). The van der Waals surface area contributed by atoms with E-state index < -0.39 is 21.9 Å². The van der Waals surface area contributed by atoms with Crippen molar-refractivity contribution in [3.8, 4) is 0 Å². The van der Waals surface area contributed by atoms with E-state index in [4.69, 9.17) is 4.74 Å². The summed E-state index contributed by atoms with van der Waals surface area (Å²) in [6, 6.07) is 7.70. The quantitative estimate of drug-likeness (QED) is 0.593. The molecule has 2 aromatic rings. The third kappa shape index (κ3) is 5.05. The number of hydrogen-bond donors (Lipinski definition) is 1. The summed E-state index contributed by atoms with van der Waals surface area (Å²) in [5.41, 5.74) is 2.94. The van der Waals surface area contributed by atoms with Crippen LogP contribution in [0.3, 0.4) is 0 Å². The van der Waals surface area contributed by atoms with Gasteiger partial charge >= 0.3 is 5.97 Å². The maximum absolute atomic E-state index is 13.7. The Hall–Kier alpha value is -2.65. The second-order valence-electron chi connectivity index (χ2n) is 9.12. The minimum atomic E-state index is -4.01. The Balaban J connectivity index is 1.84. The van der Waals surface area contributed by atoms with Crippen LogP contribution in [-0.2, 0) is 26.6 Å². The number of piperidine rings is 1. The van der Waals surface area contributed by atoms with E-state index in [-0.39, 0.29) is 29.5 Å². The molecule has 0 saturated carbocycles. The van der Waals surface area contributed by atoms with Crippen LogP contribution >= 0.6 is 0 Å². The monoisotopic (exact) mass is 489 g/mol. The number of nitrogens with one attached hydrogen (secondary N) is 1. The zero-order valence-electron chi connectivity index (χ0n) is 20.8. The van der Waals surface area contributed by atoms with Crippen molar-refractivity contribution in [3.63, 3.8) is 0 Å². The number of aromatic nitrogens is 1. The van der Waals surface area contributed by atoms with Gasteiger partial charge in [-0.05, 0) is 57.2 Å². The number of ether oxygens (including phenoxy) is 1. The number of nitrogens with zero attached hydrogens (tertiary/aromatic N) is 2. The number of amides is 1. The normalized spacial score (nSPS) is 17.1. The van der Waals surface area contributed by atoms with Gasteiger partial charge in [0.25, 0.3) is 0 Å². The third-order valence-electron chi connectivity index (χ3n) is 6.60. The van der Waals surface area contributed by atoms with E-state index in [1.165, 1.54) is 9.87 Å². The summed E-state index contributed by atoms with van der Waals surface area (Å²) in [7, 11) is -2.29. The van der Waals surface area contributed by atoms with E-state index >= 15 is 0 Å². The molecule has 0 unspecified atom stereocenters. The second kappa shape index (κ2) is 10.3. The standard InChI is InChI=1S/C25H35N3O5S/c1-7-33-25(30)22-17(4)27(6)18(5)23(22)34(31,32)28-14-8-9-20(15-28)24(29)26-21-12-10-19(11-13-21)16(2)3/h10-13,16,20H,7-9,14-15H2,1-6H3,(H,26,29)/t20-/m0/s1. The Bertz CT molecular complexity index is 1170. The van der Waals surface area contributed by atoms with Crippen molar-refractivity contribution in [2.75, 3.05) is 25.0 Å². The summed E-state index contributed by atoms with van der Waals surface area (Å²) >= 11 is 0. The smallest absolute Gasteiger partial charge is 0.341 e. The van der Waals surface area contributed by atoms with Gasteiger partial charge in [0.15, 0.2) is 0 Å². The van der Waals surface area contributed by atoms with E-state index in [1.807, 2.05) is 24.3 Å². The van der Waals surface area contributed by atoms with E-state index in [0.717, 1.165) is 0 Å². The largest absolute Gasteiger partial charge is 0.462 e. The van der Waals surface area contributed by atoms with E-state index in [1.54, 1.807) is 32.4 Å². The fraction of sp³-hybridized carbons (Fsp3) is 0.520. The molecule has 1 fully saturated rings. The highest BCUT2D eigenvalue weighted by atomic mass is 32.2. The number of sulfonamides is 1. The van der Waals surface area contributed by atoms with Gasteiger partial charge < -0.3 is 14.6 Å². The van der Waals surface area contributed by atoms with Gasteiger partial charge in [0, 0.05) is 37.2 Å². The summed E-state index contributed by atoms with van der Waals surface area (Å²) in [6.45, 7) is 9.78. The maximum Gasteiger partial charge on any atom is 0.341 e. The zero-order chi connectivity index (χ0) is 25.2. The molecule has 1 aromatic carbocycles. The molecule has 34 heavy (non-hydrogen) atoms. The highest BCUT2D eigenvalue weighted by molar-refractivity contribution is 7.89. The summed E-state index contributed by atoms with van der Waals surface area (Å²) < 4.78 is 35.6. The van der Waals surface area contributed by atoms with Crippen molar-refractivity contribution in [3.05, 3.63) is 46.8 Å². The molecular weight excluding hydrogens is 454 g/mol. The third-order valence-corrected chi connectivity index (χ3v) is 8.63. The molecule has 0 aliphatic carbocycles. The van der Waals surface area contributed by atoms with Gasteiger partial charge in [-0.2, -0.15) is 4.31 Å². The Morgan fingerprint density at radius 1 is 1.15 bits per heavy atom. The van der Waals surface area contributed by atoms with Crippen molar-refractivity contribution in [1.29, 1.82) is 0 Å². The number of carbonyl (C=O) groups is 2. The van der Waals surface area contributed by atoms with E-state index in [9.17, 15) is 18.0 Å². The molecule has 1 aliphatic rings. The Labute approximate surface area is 202 Å². The average molecular weight is 490 g/mol. The van der Waals surface area contributed by atoms with Gasteiger partial charge in [0.05, 0.1) is 12.5 Å². The maximum atomic E-state index is 13.7. The number of anilines is 1. The zero-order valence-corrected chi connectivity index (χ0v) is 21.7. The molecule has 1 amide bonds. The van der Waals surface area contributed by atoms with Crippen LogP contribution in [0.15, 0.2) is 29.2 Å². The summed E-state index contributed by atoms with van der Waals surface area (Å²) in [5, 5.41) is 2.92. The van der Waals surface area contributed by atoms with Gasteiger partial charge in [0.2, 0.25) is 15.9 Å². The molecule has 1 atom stereocenters. The minimum Gasteiger partial charge on any atom is -0.462 e. The average Bonchev–Trinajstić information content (AvgIpc) is 3.04. The molecule has 0 spiro atoms. The van der Waals surface area contributed by atoms with Crippen LogP contribution in [0, 0.1) is 19.8 Å². The molecule has 0 radical (unpaired) electrons. The molecule has 2 heterocycles. The van der Waals surface area contributed by atoms with Crippen LogP contribution in [0.5, 0.6) is 0 Å². The predicted molar refractivity (Wildman–Crippen MR) is 131 cm³/mol. The van der Waals surface area contributed by atoms with E-state index in [0.29, 0.717) is 42.4 Å². The first-order chi connectivity index (χ1) is 16.0. The molecule has 9 heteroatoms. The fourth-order valence-electron chi connectivity index (χ4n) is 4.38. The van der Waals surface area contributed by atoms with Crippen LogP contribution in [-0.4, -0.2) is 48.9 Å². The number of hydrogen-bond acceptors (Lipinski definition) is 5. The second-order valence-corrected chi connectivity index (χ2v) is 11.0. The lowest BCUT2D eigenvalue weighted by atomic mass is 9.98. The lowest BCUT2D eigenvalue weighted by Gasteiger charge is -2.31. The Morgan fingerprint density at radius 3 is 2.38 bits per heavy atom. The lowest BCUT2D eigenvalue weighted by molar-refractivity contribution is -0.120. The first kappa shape index (κ1) is 26.0. The molecule has 186 valence electrons. The number of esters is 1. The minimum absolute atomic E-state index is 0.0312. The van der Waals surface area contributed by atoms with Gasteiger partial charge in [-0.3, -0.25) is 4.79 Å². The molecule has 1 N–H and O–H groups in total. The first-order valence-electron chi connectivity index (χ1n) is 11.7. The van der Waals surface area contributed by atoms with Gasteiger partial charge in [-0.1, -0.05) is 26.0 Å². The number of carbonyl (C=O) groups excluding carboxylic acids is 2. The van der Waals surface area contributed by atoms with Crippen LogP contribution in [0.1, 0.15) is 66.8 Å². The first-order valence-corrected chi connectivity index (χ1v) is 13.2. The van der Waals surface area contributed by atoms with Crippen molar-refractivity contribution < 1.29 is 22.7 Å². The predicted octanol–water partition coefficient (Wildman–Crippen LogP) is 3.98. The number of rotatable bonds is 7. The molecule has 1 aliphatic heterocycles. The Kier molecular flexibility index (Phi) is 7.88. The highest BCUT2D eigenvalue weighted by Gasteiger charge is 2.39. The summed E-state index contributed by atoms with van der Waals surface area (Å²) in [4.78, 5) is 25.6. The highest BCUT2D eigenvalue weighted by Crippen LogP contribution is 2.32. The SMILES string of the molecule is CCOC(=O)c1c(S(=O)(=O)N2CCC[C@H](C(=O)Nc3ccc(C(C)C)cc3)C2)c(C)n(C)c1C. The van der Waals surface area contributed by atoms with Crippen LogP contribution in [0.2, 0.25) is 0 Å². The van der Waals surface area contributed by atoms with Crippen molar-refractivity contribution in [2.45, 2.75) is 58.3 Å².